The maximum absolute atomic E-state index is 5.06. The van der Waals surface area contributed by atoms with E-state index >= 15 is 0 Å². The van der Waals surface area contributed by atoms with Gasteiger partial charge >= 0.3 is 0 Å². The molecule has 1 aromatic heterocycles. The van der Waals surface area contributed by atoms with Crippen LogP contribution in [0.4, 0.5) is 5.69 Å². The summed E-state index contributed by atoms with van der Waals surface area (Å²) in [5.41, 5.74) is 2.42. The smallest absolute Gasteiger partial charge is 0.0455 e. The molecule has 0 saturated heterocycles. The van der Waals surface area contributed by atoms with Crippen molar-refractivity contribution in [1.82, 2.24) is 0 Å². The second kappa shape index (κ2) is 6.45. The number of thiophene rings is 1. The molecule has 0 radical (unpaired) electrons. The Morgan fingerprint density at radius 1 is 1.39 bits per heavy atom. The highest BCUT2D eigenvalue weighted by molar-refractivity contribution is 9.10. The van der Waals surface area contributed by atoms with Crippen LogP contribution in [0.25, 0.3) is 10.4 Å². The topological polar surface area (TPSA) is 12.0 Å². The zero-order valence-corrected chi connectivity index (χ0v) is 13.3. The molecule has 0 atom stereocenters. The van der Waals surface area contributed by atoms with Gasteiger partial charge in [0.1, 0.15) is 0 Å². The Morgan fingerprint density at radius 2 is 2.22 bits per heavy atom. The number of benzene rings is 1. The molecule has 2 aromatic rings. The summed E-state index contributed by atoms with van der Waals surface area (Å²) in [4.78, 5) is 2.32. The zero-order chi connectivity index (χ0) is 13.0. The number of halogens is 1. The molecular formula is C14H14BrNS2. The summed E-state index contributed by atoms with van der Waals surface area (Å²) < 4.78 is 1.11. The van der Waals surface area contributed by atoms with Gasteiger partial charge < -0.3 is 5.32 Å². The summed E-state index contributed by atoms with van der Waals surface area (Å²) in [5.74, 6) is 0. The van der Waals surface area contributed by atoms with Gasteiger partial charge in [-0.3, -0.25) is 0 Å². The summed E-state index contributed by atoms with van der Waals surface area (Å²) in [6.07, 6.45) is 0.942. The molecule has 4 heteroatoms. The predicted octanol–water partition coefficient (Wildman–Crippen LogP) is 5.37. The Labute approximate surface area is 125 Å². The maximum atomic E-state index is 5.06. The molecule has 0 amide bonds. The van der Waals surface area contributed by atoms with Crippen molar-refractivity contribution < 1.29 is 0 Å². The third kappa shape index (κ3) is 3.90. The van der Waals surface area contributed by atoms with Crippen LogP contribution in [0.2, 0.25) is 0 Å². The summed E-state index contributed by atoms with van der Waals surface area (Å²) in [6, 6.07) is 10.5. The average Bonchev–Trinajstić information content (AvgIpc) is 2.77. The van der Waals surface area contributed by atoms with E-state index in [1.54, 1.807) is 11.3 Å². The summed E-state index contributed by atoms with van der Waals surface area (Å²) in [6.45, 7) is 2.89. The highest BCUT2D eigenvalue weighted by Crippen LogP contribution is 2.31. The number of anilines is 1. The first-order valence-electron chi connectivity index (χ1n) is 5.73. The van der Waals surface area contributed by atoms with Crippen LogP contribution in [0.5, 0.6) is 0 Å². The largest absolute Gasteiger partial charge is 0.384 e. The van der Waals surface area contributed by atoms with Gasteiger partial charge in [-0.2, -0.15) is 0 Å². The number of hydrogen-bond donors (Lipinski definition) is 1. The van der Waals surface area contributed by atoms with Crippen LogP contribution in [-0.2, 0) is 0 Å². The first kappa shape index (κ1) is 13.7. The standard InChI is InChI=1S/C14H14BrNS2/c1-10(17)5-6-16-13-8-14(18-9-13)11-3-2-4-12(15)7-11/h2-4,7-9,16H,5-6H2,1H3. The minimum atomic E-state index is 0.907. The average molecular weight is 340 g/mol. The van der Waals surface area contributed by atoms with Crippen LogP contribution in [0, 0.1) is 0 Å². The Bertz CT molecular complexity index is 548. The number of rotatable bonds is 5. The summed E-state index contributed by atoms with van der Waals surface area (Å²) >= 11 is 10.3. The fraction of sp³-hybridized carbons (Fsp3) is 0.214. The van der Waals surface area contributed by atoms with Crippen LogP contribution in [0.1, 0.15) is 13.3 Å². The van der Waals surface area contributed by atoms with Crippen LogP contribution < -0.4 is 5.32 Å². The van der Waals surface area contributed by atoms with E-state index in [1.165, 1.54) is 16.1 Å². The Kier molecular flexibility index (Phi) is 4.92. The molecule has 0 aliphatic carbocycles. The van der Waals surface area contributed by atoms with Gasteiger partial charge in [0.05, 0.1) is 0 Å². The fourth-order valence-corrected chi connectivity index (χ4v) is 2.97. The van der Waals surface area contributed by atoms with Crippen LogP contribution >= 0.6 is 39.5 Å². The molecule has 0 spiro atoms. The molecule has 0 bridgehead atoms. The van der Waals surface area contributed by atoms with Gasteiger partial charge in [0, 0.05) is 27.0 Å². The van der Waals surface area contributed by atoms with Crippen molar-refractivity contribution in [2.45, 2.75) is 13.3 Å². The highest BCUT2D eigenvalue weighted by Gasteiger charge is 2.03. The van der Waals surface area contributed by atoms with Crippen LogP contribution in [-0.4, -0.2) is 11.4 Å². The molecule has 1 N–H and O–H groups in total. The van der Waals surface area contributed by atoms with Gasteiger partial charge in [0.2, 0.25) is 0 Å². The first-order chi connectivity index (χ1) is 8.65. The van der Waals surface area contributed by atoms with Crippen molar-refractivity contribution in [2.24, 2.45) is 0 Å². The normalized spacial score (nSPS) is 10.3. The molecule has 0 fully saturated rings. The minimum Gasteiger partial charge on any atom is -0.384 e. The Morgan fingerprint density at radius 3 is 2.94 bits per heavy atom. The molecule has 2 rings (SSSR count). The van der Waals surface area contributed by atoms with E-state index in [9.17, 15) is 0 Å². The maximum Gasteiger partial charge on any atom is 0.0455 e. The molecule has 1 aromatic carbocycles. The molecule has 18 heavy (non-hydrogen) atoms. The van der Waals surface area contributed by atoms with Crippen LogP contribution in [0.15, 0.2) is 40.2 Å². The van der Waals surface area contributed by atoms with Crippen molar-refractivity contribution in [3.05, 3.63) is 40.2 Å². The second-order valence-electron chi connectivity index (χ2n) is 4.09. The van der Waals surface area contributed by atoms with E-state index in [1.807, 2.05) is 13.0 Å². The highest BCUT2D eigenvalue weighted by atomic mass is 79.9. The summed E-state index contributed by atoms with van der Waals surface area (Å²) in [7, 11) is 0. The van der Waals surface area contributed by atoms with E-state index in [4.69, 9.17) is 12.2 Å². The Balaban J connectivity index is 2.04. The second-order valence-corrected chi connectivity index (χ2v) is 6.61. The number of hydrogen-bond acceptors (Lipinski definition) is 3. The van der Waals surface area contributed by atoms with E-state index in [0.29, 0.717) is 0 Å². The molecule has 0 aliphatic rings. The van der Waals surface area contributed by atoms with Gasteiger partial charge in [-0.1, -0.05) is 40.3 Å². The van der Waals surface area contributed by atoms with Gasteiger partial charge in [0.25, 0.3) is 0 Å². The van der Waals surface area contributed by atoms with E-state index in [2.05, 4.69) is 50.9 Å². The van der Waals surface area contributed by atoms with Gasteiger partial charge in [-0.15, -0.1) is 11.3 Å². The van der Waals surface area contributed by atoms with Crippen molar-refractivity contribution in [3.8, 4) is 10.4 Å². The predicted molar refractivity (Wildman–Crippen MR) is 88.8 cm³/mol. The van der Waals surface area contributed by atoms with Crippen molar-refractivity contribution >= 4 is 50.0 Å². The molecule has 0 aliphatic heterocycles. The molecule has 0 unspecified atom stereocenters. The van der Waals surface area contributed by atoms with Crippen molar-refractivity contribution in [3.63, 3.8) is 0 Å². The van der Waals surface area contributed by atoms with Crippen molar-refractivity contribution in [1.29, 1.82) is 0 Å². The number of nitrogens with one attached hydrogen (secondary N) is 1. The molecule has 1 nitrogen and oxygen atoms in total. The quantitative estimate of drug-likeness (QED) is 0.735. The van der Waals surface area contributed by atoms with Gasteiger partial charge in [-0.05, 0) is 42.0 Å². The lowest BCUT2D eigenvalue weighted by molar-refractivity contribution is 1.12. The van der Waals surface area contributed by atoms with E-state index in [-0.39, 0.29) is 0 Å². The summed E-state index contributed by atoms with van der Waals surface area (Å²) in [5, 5.41) is 5.54. The monoisotopic (exact) mass is 339 g/mol. The third-order valence-corrected chi connectivity index (χ3v) is 4.19. The lowest BCUT2D eigenvalue weighted by atomic mass is 10.2. The SMILES string of the molecule is CC(=S)CCNc1csc(-c2cccc(Br)c2)c1. The molecular weight excluding hydrogens is 326 g/mol. The van der Waals surface area contributed by atoms with Crippen LogP contribution in [0.3, 0.4) is 0 Å². The first-order valence-corrected chi connectivity index (χ1v) is 7.81. The van der Waals surface area contributed by atoms with E-state index < -0.39 is 0 Å². The number of thiocarbonyl (C=S) groups is 1. The molecule has 94 valence electrons. The lowest BCUT2D eigenvalue weighted by Crippen LogP contribution is -2.03. The van der Waals surface area contributed by atoms with E-state index in [0.717, 1.165) is 22.3 Å². The lowest BCUT2D eigenvalue weighted by Gasteiger charge is -2.02. The minimum absolute atomic E-state index is 0.907. The Hall–Kier alpha value is -0.710. The zero-order valence-electron chi connectivity index (χ0n) is 10.1. The fourth-order valence-electron chi connectivity index (χ4n) is 1.60. The van der Waals surface area contributed by atoms with Gasteiger partial charge in [0.15, 0.2) is 0 Å². The van der Waals surface area contributed by atoms with Crippen molar-refractivity contribution in [2.75, 3.05) is 11.9 Å². The molecule has 0 saturated carbocycles. The molecule has 1 heterocycles. The third-order valence-electron chi connectivity index (χ3n) is 2.51. The van der Waals surface area contributed by atoms with Gasteiger partial charge in [-0.25, -0.2) is 0 Å².